The Hall–Kier alpha value is -1.10. The molecule has 1 aromatic rings. The summed E-state index contributed by atoms with van der Waals surface area (Å²) in [6.45, 7) is 11.0. The highest BCUT2D eigenvalue weighted by atomic mass is 127. The number of amides is 1. The van der Waals surface area contributed by atoms with E-state index >= 15 is 0 Å². The third-order valence-electron chi connectivity index (χ3n) is 4.97. The number of nitrogens with zero attached hydrogens (tertiary/aromatic N) is 2. The van der Waals surface area contributed by atoms with E-state index in [9.17, 15) is 4.79 Å². The van der Waals surface area contributed by atoms with Gasteiger partial charge in [-0.05, 0) is 38.5 Å². The third-order valence-corrected chi connectivity index (χ3v) is 5.37. The Morgan fingerprint density at radius 2 is 1.97 bits per heavy atom. The number of hydrogen-bond donors (Lipinski definition) is 3. The predicted molar refractivity (Wildman–Crippen MR) is 131 cm³/mol. The van der Waals surface area contributed by atoms with Crippen molar-refractivity contribution < 1.29 is 9.53 Å². The number of rotatable bonds is 7. The summed E-state index contributed by atoms with van der Waals surface area (Å²) in [6.07, 6.45) is 0.333. The number of hydrogen-bond acceptors (Lipinski definition) is 4. The molecule has 0 unspecified atom stereocenters. The normalized spacial score (nSPS) is 15.4. The molecule has 0 aliphatic carbocycles. The maximum atomic E-state index is 12.2. The average Bonchev–Trinajstić information content (AvgIpc) is 2.69. The first-order chi connectivity index (χ1) is 13.3. The van der Waals surface area contributed by atoms with Crippen molar-refractivity contribution in [1.82, 2.24) is 15.5 Å². The third kappa shape index (κ3) is 8.27. The van der Waals surface area contributed by atoms with Gasteiger partial charge in [-0.15, -0.1) is 24.0 Å². The molecule has 0 aromatic heterocycles. The van der Waals surface area contributed by atoms with Crippen LogP contribution in [0.2, 0.25) is 5.02 Å². The molecule has 1 saturated heterocycles. The number of guanidine groups is 1. The van der Waals surface area contributed by atoms with Gasteiger partial charge < -0.3 is 20.7 Å². The number of anilines is 1. The zero-order chi connectivity index (χ0) is 20.6. The molecule has 164 valence electrons. The van der Waals surface area contributed by atoms with Crippen molar-refractivity contribution in [1.29, 1.82) is 0 Å². The van der Waals surface area contributed by atoms with Crippen LogP contribution in [0.4, 0.5) is 5.69 Å². The quantitative estimate of drug-likeness (QED) is 0.283. The molecule has 0 spiro atoms. The molecule has 2 rings (SSSR count). The molecule has 1 amide bonds. The SMILES string of the molecule is CN=C(NCCC(=O)Nc1cccc(Cl)c1C)NCC(C)(C)N1CCOCC1.I. The van der Waals surface area contributed by atoms with Gasteiger partial charge in [-0.25, -0.2) is 0 Å². The lowest BCUT2D eigenvalue weighted by molar-refractivity contribution is -0.116. The second-order valence-corrected chi connectivity index (χ2v) is 7.88. The first-order valence-corrected chi connectivity index (χ1v) is 10.0. The molecule has 7 nitrogen and oxygen atoms in total. The van der Waals surface area contributed by atoms with Gasteiger partial charge >= 0.3 is 0 Å². The van der Waals surface area contributed by atoms with Crippen LogP contribution in [0.25, 0.3) is 0 Å². The van der Waals surface area contributed by atoms with Gasteiger partial charge in [0.1, 0.15) is 0 Å². The van der Waals surface area contributed by atoms with Crippen LogP contribution in [0.5, 0.6) is 0 Å². The number of halogens is 2. The van der Waals surface area contributed by atoms with Crippen LogP contribution in [0, 0.1) is 6.92 Å². The second-order valence-electron chi connectivity index (χ2n) is 7.47. The molecule has 1 aliphatic rings. The summed E-state index contributed by atoms with van der Waals surface area (Å²) < 4.78 is 5.43. The van der Waals surface area contributed by atoms with E-state index in [0.717, 1.165) is 44.1 Å². The minimum absolute atomic E-state index is 0. The first kappa shape index (κ1) is 25.9. The number of nitrogens with one attached hydrogen (secondary N) is 3. The van der Waals surface area contributed by atoms with E-state index in [1.54, 1.807) is 7.05 Å². The van der Waals surface area contributed by atoms with Gasteiger partial charge in [-0.2, -0.15) is 0 Å². The molecule has 9 heteroatoms. The van der Waals surface area contributed by atoms with Crippen LogP contribution in [0.15, 0.2) is 23.2 Å². The van der Waals surface area contributed by atoms with Crippen LogP contribution >= 0.6 is 35.6 Å². The van der Waals surface area contributed by atoms with Crippen LogP contribution in [0.3, 0.4) is 0 Å². The molecule has 1 heterocycles. The van der Waals surface area contributed by atoms with E-state index in [2.05, 4.69) is 39.7 Å². The van der Waals surface area contributed by atoms with E-state index < -0.39 is 0 Å². The van der Waals surface area contributed by atoms with Gasteiger partial charge in [0.05, 0.1) is 13.2 Å². The van der Waals surface area contributed by atoms with Crippen molar-refractivity contribution in [2.45, 2.75) is 32.7 Å². The summed E-state index contributed by atoms with van der Waals surface area (Å²) >= 11 is 6.09. The Morgan fingerprint density at radius 3 is 2.62 bits per heavy atom. The molecule has 29 heavy (non-hydrogen) atoms. The molecule has 0 saturated carbocycles. The highest BCUT2D eigenvalue weighted by Gasteiger charge is 2.28. The number of carbonyl (C=O) groups excluding carboxylic acids is 1. The fourth-order valence-electron chi connectivity index (χ4n) is 3.05. The zero-order valence-corrected chi connectivity index (χ0v) is 20.8. The summed E-state index contributed by atoms with van der Waals surface area (Å²) in [4.78, 5) is 18.9. The summed E-state index contributed by atoms with van der Waals surface area (Å²) in [6, 6.07) is 5.48. The van der Waals surface area contributed by atoms with Crippen LogP contribution in [-0.4, -0.2) is 68.7 Å². The van der Waals surface area contributed by atoms with Crippen LogP contribution in [0.1, 0.15) is 25.8 Å². The zero-order valence-electron chi connectivity index (χ0n) is 17.7. The number of carbonyl (C=O) groups is 1. The number of morpholine rings is 1. The lowest BCUT2D eigenvalue weighted by Crippen LogP contribution is -2.56. The Balaban J connectivity index is 0.00000420. The molecule has 0 radical (unpaired) electrons. The Bertz CT molecular complexity index is 693. The summed E-state index contributed by atoms with van der Waals surface area (Å²) in [5, 5.41) is 10.1. The molecule has 0 bridgehead atoms. The van der Waals surface area contributed by atoms with Gasteiger partial charge in [-0.3, -0.25) is 14.7 Å². The average molecular weight is 538 g/mol. The molecule has 0 atom stereocenters. The fourth-order valence-corrected chi connectivity index (χ4v) is 3.23. The van der Waals surface area contributed by atoms with Crippen molar-refractivity contribution in [3.8, 4) is 0 Å². The highest BCUT2D eigenvalue weighted by molar-refractivity contribution is 14.0. The maximum absolute atomic E-state index is 12.2. The minimum atomic E-state index is -0.0676. The maximum Gasteiger partial charge on any atom is 0.226 e. The largest absolute Gasteiger partial charge is 0.379 e. The number of benzene rings is 1. The highest BCUT2D eigenvalue weighted by Crippen LogP contribution is 2.22. The van der Waals surface area contributed by atoms with Gasteiger partial charge in [0, 0.05) is 55.9 Å². The minimum Gasteiger partial charge on any atom is -0.379 e. The van der Waals surface area contributed by atoms with E-state index in [1.807, 2.05) is 25.1 Å². The lowest BCUT2D eigenvalue weighted by Gasteiger charge is -2.41. The van der Waals surface area contributed by atoms with Crippen LogP contribution < -0.4 is 16.0 Å². The van der Waals surface area contributed by atoms with Crippen molar-refractivity contribution in [3.05, 3.63) is 28.8 Å². The Labute approximate surface area is 196 Å². The van der Waals surface area contributed by atoms with E-state index in [-0.39, 0.29) is 35.4 Å². The van der Waals surface area contributed by atoms with E-state index in [0.29, 0.717) is 23.9 Å². The number of ether oxygens (including phenoxy) is 1. The van der Waals surface area contributed by atoms with Gasteiger partial charge in [0.2, 0.25) is 5.91 Å². The topological polar surface area (TPSA) is 78.0 Å². The first-order valence-electron chi connectivity index (χ1n) is 9.66. The summed E-state index contributed by atoms with van der Waals surface area (Å²) in [5.41, 5.74) is 1.60. The molecular weight excluding hydrogens is 505 g/mol. The molecule has 1 aliphatic heterocycles. The molecular formula is C20H33ClIN5O2. The van der Waals surface area contributed by atoms with Crippen molar-refractivity contribution in [2.24, 2.45) is 4.99 Å². The monoisotopic (exact) mass is 537 g/mol. The van der Waals surface area contributed by atoms with Gasteiger partial charge in [0.15, 0.2) is 5.96 Å². The smallest absolute Gasteiger partial charge is 0.226 e. The summed E-state index contributed by atoms with van der Waals surface area (Å²) in [7, 11) is 1.73. The predicted octanol–water partition coefficient (Wildman–Crippen LogP) is 2.87. The molecule has 1 fully saturated rings. The summed E-state index contributed by atoms with van der Waals surface area (Å²) in [5.74, 6) is 0.620. The van der Waals surface area contributed by atoms with Crippen molar-refractivity contribution in [2.75, 3.05) is 51.8 Å². The lowest BCUT2D eigenvalue weighted by atomic mass is 10.0. The fraction of sp³-hybridized carbons (Fsp3) is 0.600. The van der Waals surface area contributed by atoms with Crippen molar-refractivity contribution >= 4 is 53.1 Å². The van der Waals surface area contributed by atoms with Crippen molar-refractivity contribution in [3.63, 3.8) is 0 Å². The number of aliphatic imine (C=N–C) groups is 1. The Kier molecular flexibility index (Phi) is 11.2. The molecule has 1 aromatic carbocycles. The molecule has 3 N–H and O–H groups in total. The standard InChI is InChI=1S/C20H32ClN5O2.HI/c1-15-16(21)6-5-7-17(15)25-18(27)8-9-23-19(22-4)24-14-20(2,3)26-10-12-28-13-11-26;/h5-7H,8-14H2,1-4H3,(H,25,27)(H2,22,23,24);1H. The Morgan fingerprint density at radius 1 is 1.28 bits per heavy atom. The van der Waals surface area contributed by atoms with Gasteiger partial charge in [-0.1, -0.05) is 17.7 Å². The van der Waals surface area contributed by atoms with E-state index in [4.69, 9.17) is 16.3 Å². The van der Waals surface area contributed by atoms with Crippen LogP contribution in [-0.2, 0) is 9.53 Å². The van der Waals surface area contributed by atoms with Gasteiger partial charge in [0.25, 0.3) is 0 Å². The second kappa shape index (κ2) is 12.6. The van der Waals surface area contributed by atoms with E-state index in [1.165, 1.54) is 0 Å².